The molecule has 0 aliphatic heterocycles. The SMILES string of the molecule is NC(=O)c1ccc(N)c(Cl)c1C(F)(F)F. The number of benzene rings is 1. The van der Waals surface area contributed by atoms with Crippen LogP contribution >= 0.6 is 11.6 Å². The third-order valence-electron chi connectivity index (χ3n) is 1.72. The number of halogens is 4. The molecule has 1 aromatic carbocycles. The Morgan fingerprint density at radius 1 is 1.33 bits per heavy atom. The maximum absolute atomic E-state index is 12.5. The third kappa shape index (κ3) is 2.15. The molecule has 15 heavy (non-hydrogen) atoms. The van der Waals surface area contributed by atoms with Crippen LogP contribution in [0.2, 0.25) is 5.02 Å². The molecule has 0 aliphatic carbocycles. The first-order valence-electron chi connectivity index (χ1n) is 3.70. The number of hydrogen-bond donors (Lipinski definition) is 2. The fraction of sp³-hybridized carbons (Fsp3) is 0.125. The lowest BCUT2D eigenvalue weighted by Gasteiger charge is -2.13. The van der Waals surface area contributed by atoms with Gasteiger partial charge in [-0.2, -0.15) is 13.2 Å². The van der Waals surface area contributed by atoms with E-state index >= 15 is 0 Å². The highest BCUT2D eigenvalue weighted by atomic mass is 35.5. The van der Waals surface area contributed by atoms with Crippen LogP contribution in [0.5, 0.6) is 0 Å². The van der Waals surface area contributed by atoms with Gasteiger partial charge in [-0.15, -0.1) is 0 Å². The number of nitrogens with two attached hydrogens (primary N) is 2. The van der Waals surface area contributed by atoms with Gasteiger partial charge in [-0.25, -0.2) is 0 Å². The van der Waals surface area contributed by atoms with Crippen LogP contribution in [0.3, 0.4) is 0 Å². The van der Waals surface area contributed by atoms with Crippen LogP contribution in [-0.2, 0) is 6.18 Å². The van der Waals surface area contributed by atoms with Crippen LogP contribution in [0, 0.1) is 0 Å². The van der Waals surface area contributed by atoms with Crippen molar-refractivity contribution in [3.63, 3.8) is 0 Å². The number of hydrogen-bond acceptors (Lipinski definition) is 2. The Labute approximate surface area is 87.8 Å². The molecule has 0 saturated carbocycles. The van der Waals surface area contributed by atoms with Gasteiger partial charge in [0.05, 0.1) is 21.8 Å². The normalized spacial score (nSPS) is 11.5. The topological polar surface area (TPSA) is 69.1 Å². The van der Waals surface area contributed by atoms with Crippen molar-refractivity contribution in [2.45, 2.75) is 6.18 Å². The lowest BCUT2D eigenvalue weighted by atomic mass is 10.1. The summed E-state index contributed by atoms with van der Waals surface area (Å²) in [6.07, 6.45) is -4.77. The predicted molar refractivity (Wildman–Crippen MR) is 49.4 cm³/mol. The number of primary amides is 1. The van der Waals surface area contributed by atoms with Gasteiger partial charge < -0.3 is 11.5 Å². The summed E-state index contributed by atoms with van der Waals surface area (Å²) in [5.74, 6) is -1.20. The second-order valence-electron chi connectivity index (χ2n) is 2.75. The van der Waals surface area contributed by atoms with Gasteiger partial charge >= 0.3 is 6.18 Å². The van der Waals surface area contributed by atoms with Crippen molar-refractivity contribution in [3.05, 3.63) is 28.3 Å². The Kier molecular flexibility index (Phi) is 2.81. The summed E-state index contributed by atoms with van der Waals surface area (Å²) in [6, 6.07) is 1.99. The maximum Gasteiger partial charge on any atom is 0.418 e. The average molecular weight is 239 g/mol. The molecular weight excluding hydrogens is 233 g/mol. The summed E-state index contributed by atoms with van der Waals surface area (Å²) in [4.78, 5) is 10.8. The van der Waals surface area contributed by atoms with Crippen molar-refractivity contribution in [3.8, 4) is 0 Å². The highest BCUT2D eigenvalue weighted by molar-refractivity contribution is 6.34. The minimum absolute atomic E-state index is 0.256. The number of rotatable bonds is 1. The summed E-state index contributed by atoms with van der Waals surface area (Å²) >= 11 is 5.37. The molecule has 0 atom stereocenters. The van der Waals surface area contributed by atoms with E-state index in [2.05, 4.69) is 0 Å². The van der Waals surface area contributed by atoms with E-state index < -0.39 is 28.2 Å². The van der Waals surface area contributed by atoms with Gasteiger partial charge in [-0.05, 0) is 12.1 Å². The summed E-state index contributed by atoms with van der Waals surface area (Å²) in [5, 5.41) is -0.709. The Hall–Kier alpha value is -1.43. The van der Waals surface area contributed by atoms with Gasteiger partial charge in [-0.3, -0.25) is 4.79 Å². The van der Waals surface area contributed by atoms with Crippen molar-refractivity contribution in [1.82, 2.24) is 0 Å². The van der Waals surface area contributed by atoms with Crippen LogP contribution in [0.1, 0.15) is 15.9 Å². The predicted octanol–water partition coefficient (Wildman–Crippen LogP) is 2.04. The zero-order chi connectivity index (χ0) is 11.8. The largest absolute Gasteiger partial charge is 0.418 e. The molecule has 0 bridgehead atoms. The zero-order valence-electron chi connectivity index (χ0n) is 7.23. The first-order valence-corrected chi connectivity index (χ1v) is 4.08. The van der Waals surface area contributed by atoms with E-state index in [1.54, 1.807) is 0 Å². The van der Waals surface area contributed by atoms with E-state index in [4.69, 9.17) is 23.1 Å². The Balaban J connectivity index is 3.57. The van der Waals surface area contributed by atoms with Crippen molar-refractivity contribution < 1.29 is 18.0 Å². The van der Waals surface area contributed by atoms with Crippen molar-refractivity contribution in [1.29, 1.82) is 0 Å². The number of anilines is 1. The number of alkyl halides is 3. The van der Waals surface area contributed by atoms with Gasteiger partial charge in [-0.1, -0.05) is 11.6 Å². The van der Waals surface area contributed by atoms with Crippen LogP contribution < -0.4 is 11.5 Å². The molecule has 0 saturated heterocycles. The van der Waals surface area contributed by atoms with Gasteiger partial charge in [0.25, 0.3) is 0 Å². The molecule has 0 unspecified atom stereocenters. The molecule has 1 amide bonds. The van der Waals surface area contributed by atoms with Gasteiger partial charge in [0.2, 0.25) is 5.91 Å². The van der Waals surface area contributed by atoms with Crippen molar-refractivity contribution in [2.75, 3.05) is 5.73 Å². The second-order valence-corrected chi connectivity index (χ2v) is 3.13. The first-order chi connectivity index (χ1) is 6.75. The van der Waals surface area contributed by atoms with E-state index in [1.165, 1.54) is 0 Å². The summed E-state index contributed by atoms with van der Waals surface area (Å²) < 4.78 is 37.5. The molecule has 1 aromatic rings. The van der Waals surface area contributed by atoms with Crippen LogP contribution in [0.4, 0.5) is 18.9 Å². The summed E-state index contributed by atoms with van der Waals surface area (Å²) in [5.41, 5.74) is 7.75. The van der Waals surface area contributed by atoms with E-state index in [0.717, 1.165) is 12.1 Å². The molecule has 82 valence electrons. The van der Waals surface area contributed by atoms with Crippen LogP contribution in [-0.4, -0.2) is 5.91 Å². The maximum atomic E-state index is 12.5. The Morgan fingerprint density at radius 2 is 1.87 bits per heavy atom. The Bertz CT molecular complexity index is 417. The summed E-state index contributed by atoms with van der Waals surface area (Å²) in [7, 11) is 0. The molecule has 7 heteroatoms. The van der Waals surface area contributed by atoms with Crippen LogP contribution in [0.15, 0.2) is 12.1 Å². The average Bonchev–Trinajstić information content (AvgIpc) is 2.06. The molecule has 0 spiro atoms. The second kappa shape index (κ2) is 3.62. The van der Waals surface area contributed by atoms with Crippen LogP contribution in [0.25, 0.3) is 0 Å². The third-order valence-corrected chi connectivity index (χ3v) is 2.13. The number of carbonyl (C=O) groups is 1. The van der Waals surface area contributed by atoms with Gasteiger partial charge in [0.15, 0.2) is 0 Å². The quantitative estimate of drug-likeness (QED) is 0.735. The van der Waals surface area contributed by atoms with Gasteiger partial charge in [0.1, 0.15) is 0 Å². The smallest absolute Gasteiger partial charge is 0.398 e. The number of carbonyl (C=O) groups excluding carboxylic acids is 1. The van der Waals surface area contributed by atoms with Gasteiger partial charge in [0, 0.05) is 0 Å². The lowest BCUT2D eigenvalue weighted by molar-refractivity contribution is -0.137. The highest BCUT2D eigenvalue weighted by Crippen LogP contribution is 2.39. The zero-order valence-corrected chi connectivity index (χ0v) is 7.99. The van der Waals surface area contributed by atoms with Crippen molar-refractivity contribution in [2.24, 2.45) is 5.73 Å². The molecule has 0 aliphatic rings. The molecule has 0 heterocycles. The first kappa shape index (κ1) is 11.6. The molecule has 4 N–H and O–H groups in total. The van der Waals surface area contributed by atoms with Crippen molar-refractivity contribution >= 4 is 23.2 Å². The lowest BCUT2D eigenvalue weighted by Crippen LogP contribution is -2.19. The number of amides is 1. The molecule has 0 radical (unpaired) electrons. The fourth-order valence-electron chi connectivity index (χ4n) is 1.07. The monoisotopic (exact) mass is 238 g/mol. The minimum Gasteiger partial charge on any atom is -0.398 e. The molecule has 1 rings (SSSR count). The Morgan fingerprint density at radius 3 is 2.27 bits per heavy atom. The van der Waals surface area contributed by atoms with E-state index in [-0.39, 0.29) is 5.69 Å². The molecule has 0 aromatic heterocycles. The fourth-order valence-corrected chi connectivity index (χ4v) is 1.35. The van der Waals surface area contributed by atoms with E-state index in [0.29, 0.717) is 0 Å². The standard InChI is InChI=1S/C8H6ClF3N2O/c9-6-4(13)2-1-3(7(14)15)5(6)8(10,11)12/h1-2H,13H2,(H2,14,15). The van der Waals surface area contributed by atoms with E-state index in [9.17, 15) is 18.0 Å². The molecular formula is C8H6ClF3N2O. The number of nitrogen functional groups attached to an aromatic ring is 1. The molecule has 3 nitrogen and oxygen atoms in total. The summed E-state index contributed by atoms with van der Waals surface area (Å²) in [6.45, 7) is 0. The molecule has 0 fully saturated rings. The minimum atomic E-state index is -4.77. The highest BCUT2D eigenvalue weighted by Gasteiger charge is 2.38. The van der Waals surface area contributed by atoms with E-state index in [1.807, 2.05) is 0 Å².